The molecule has 4 aromatic rings. The normalized spacial score (nSPS) is 11.0. The first-order valence-electron chi connectivity index (χ1n) is 7.95. The Hall–Kier alpha value is -2.71. The number of fused-ring (bicyclic) bond motifs is 1. The number of hydrogen-bond acceptors (Lipinski definition) is 6. The number of carbonyl (C=O) groups excluding carboxylic acids is 1. The molecule has 0 spiro atoms. The second-order valence-corrected chi connectivity index (χ2v) is 7.77. The summed E-state index contributed by atoms with van der Waals surface area (Å²) in [5.41, 5.74) is 3.72. The first-order chi connectivity index (χ1) is 12.7. The number of imidazole rings is 1. The number of amides is 1. The summed E-state index contributed by atoms with van der Waals surface area (Å²) in [6.45, 7) is 1.85. The number of carbonyl (C=O) groups is 1. The third-order valence-corrected chi connectivity index (χ3v) is 5.40. The van der Waals surface area contributed by atoms with Crippen LogP contribution in [0.15, 0.2) is 53.7 Å². The lowest BCUT2D eigenvalue weighted by Gasteiger charge is -2.03. The van der Waals surface area contributed by atoms with E-state index >= 15 is 0 Å². The van der Waals surface area contributed by atoms with Crippen molar-refractivity contribution >= 4 is 45.2 Å². The Morgan fingerprint density at radius 3 is 2.69 bits per heavy atom. The molecular weight excluding hydrogens is 366 g/mol. The van der Waals surface area contributed by atoms with Gasteiger partial charge < -0.3 is 4.98 Å². The molecule has 2 aromatic heterocycles. The van der Waals surface area contributed by atoms with Crippen LogP contribution >= 0.6 is 23.1 Å². The lowest BCUT2D eigenvalue weighted by molar-refractivity contribution is 0.102. The zero-order valence-electron chi connectivity index (χ0n) is 13.9. The van der Waals surface area contributed by atoms with Crippen molar-refractivity contribution in [1.29, 1.82) is 0 Å². The molecule has 0 aliphatic heterocycles. The maximum Gasteiger partial charge on any atom is 0.257 e. The van der Waals surface area contributed by atoms with E-state index in [9.17, 15) is 4.79 Å². The van der Waals surface area contributed by atoms with Crippen LogP contribution in [-0.4, -0.2) is 26.1 Å². The van der Waals surface area contributed by atoms with Gasteiger partial charge in [0.15, 0.2) is 5.16 Å². The van der Waals surface area contributed by atoms with Gasteiger partial charge in [0.25, 0.3) is 5.91 Å². The molecular formula is C18H15N5OS2. The van der Waals surface area contributed by atoms with Gasteiger partial charge in [-0.1, -0.05) is 47.4 Å². The number of nitrogens with one attached hydrogen (secondary N) is 2. The van der Waals surface area contributed by atoms with Gasteiger partial charge in [0.2, 0.25) is 5.13 Å². The number of aromatic nitrogens is 4. The van der Waals surface area contributed by atoms with Crippen molar-refractivity contribution in [2.45, 2.75) is 17.8 Å². The Morgan fingerprint density at radius 1 is 1.15 bits per heavy atom. The van der Waals surface area contributed by atoms with Crippen LogP contribution in [0.3, 0.4) is 0 Å². The smallest absolute Gasteiger partial charge is 0.257 e. The fourth-order valence-electron chi connectivity index (χ4n) is 2.42. The van der Waals surface area contributed by atoms with Crippen LogP contribution < -0.4 is 5.32 Å². The van der Waals surface area contributed by atoms with Crippen molar-refractivity contribution in [2.75, 3.05) is 5.32 Å². The number of rotatable bonds is 5. The Labute approximate surface area is 158 Å². The van der Waals surface area contributed by atoms with Crippen LogP contribution in [0.2, 0.25) is 0 Å². The number of benzene rings is 2. The SMILES string of the molecule is Cc1nnc(NC(=O)c2ccc(CSc3nc4ccccc4[nH]3)cc2)s1. The number of hydrogen-bond donors (Lipinski definition) is 2. The average Bonchev–Trinajstić information content (AvgIpc) is 3.25. The van der Waals surface area contributed by atoms with Gasteiger partial charge >= 0.3 is 0 Å². The van der Waals surface area contributed by atoms with Crippen LogP contribution in [-0.2, 0) is 5.75 Å². The number of nitrogens with zero attached hydrogens (tertiary/aromatic N) is 3. The summed E-state index contributed by atoms with van der Waals surface area (Å²) in [5.74, 6) is 0.592. The van der Waals surface area contributed by atoms with Gasteiger partial charge in [-0.3, -0.25) is 10.1 Å². The molecule has 8 heteroatoms. The molecule has 4 rings (SSSR count). The predicted octanol–water partition coefficient (Wildman–Crippen LogP) is 4.27. The highest BCUT2D eigenvalue weighted by atomic mass is 32.2. The Kier molecular flexibility index (Phi) is 4.68. The van der Waals surface area contributed by atoms with Crippen LogP contribution in [0, 0.1) is 6.92 Å². The Balaban J connectivity index is 1.38. The molecule has 2 N–H and O–H groups in total. The van der Waals surface area contributed by atoms with E-state index in [0.717, 1.165) is 32.5 Å². The molecule has 0 fully saturated rings. The predicted molar refractivity (Wildman–Crippen MR) is 105 cm³/mol. The molecule has 0 atom stereocenters. The van der Waals surface area contributed by atoms with E-state index in [1.165, 1.54) is 11.3 Å². The van der Waals surface area contributed by atoms with Crippen LogP contribution in [0.4, 0.5) is 5.13 Å². The highest BCUT2D eigenvalue weighted by molar-refractivity contribution is 7.98. The van der Waals surface area contributed by atoms with E-state index in [1.807, 2.05) is 55.5 Å². The van der Waals surface area contributed by atoms with Crippen LogP contribution in [0.1, 0.15) is 20.9 Å². The fourth-order valence-corrected chi connectivity index (χ4v) is 3.85. The average molecular weight is 381 g/mol. The number of para-hydroxylation sites is 2. The van der Waals surface area contributed by atoms with E-state index in [2.05, 4.69) is 25.5 Å². The maximum atomic E-state index is 12.2. The van der Waals surface area contributed by atoms with Gasteiger partial charge in [-0.2, -0.15) is 0 Å². The minimum atomic E-state index is -0.183. The Morgan fingerprint density at radius 2 is 1.96 bits per heavy atom. The maximum absolute atomic E-state index is 12.2. The number of thioether (sulfide) groups is 1. The Bertz CT molecular complexity index is 1020. The number of H-pyrrole nitrogens is 1. The highest BCUT2D eigenvalue weighted by Gasteiger charge is 2.09. The molecule has 0 saturated heterocycles. The lowest BCUT2D eigenvalue weighted by Crippen LogP contribution is -2.11. The monoisotopic (exact) mass is 381 g/mol. The molecule has 130 valence electrons. The third kappa shape index (κ3) is 3.76. The molecule has 0 bridgehead atoms. The van der Waals surface area contributed by atoms with Crippen molar-refractivity contribution in [3.63, 3.8) is 0 Å². The van der Waals surface area contributed by atoms with Crippen LogP contribution in [0.25, 0.3) is 11.0 Å². The quantitative estimate of drug-likeness (QED) is 0.505. The molecule has 1 amide bonds. The zero-order valence-corrected chi connectivity index (χ0v) is 15.5. The van der Waals surface area contributed by atoms with Crippen molar-refractivity contribution in [3.05, 3.63) is 64.7 Å². The van der Waals surface area contributed by atoms with E-state index in [1.54, 1.807) is 11.8 Å². The summed E-state index contributed by atoms with van der Waals surface area (Å²) in [6.07, 6.45) is 0. The van der Waals surface area contributed by atoms with E-state index in [0.29, 0.717) is 10.7 Å². The van der Waals surface area contributed by atoms with Gasteiger partial charge in [-0.05, 0) is 36.8 Å². The topological polar surface area (TPSA) is 83.6 Å². The molecule has 2 aromatic carbocycles. The minimum Gasteiger partial charge on any atom is -0.333 e. The first kappa shape index (κ1) is 16.7. The molecule has 0 radical (unpaired) electrons. The van der Waals surface area contributed by atoms with Crippen LogP contribution in [0.5, 0.6) is 0 Å². The van der Waals surface area contributed by atoms with Gasteiger partial charge in [-0.25, -0.2) is 4.98 Å². The summed E-state index contributed by atoms with van der Waals surface area (Å²) in [7, 11) is 0. The minimum absolute atomic E-state index is 0.183. The summed E-state index contributed by atoms with van der Waals surface area (Å²) < 4.78 is 0. The van der Waals surface area contributed by atoms with Crippen molar-refractivity contribution in [3.8, 4) is 0 Å². The lowest BCUT2D eigenvalue weighted by atomic mass is 10.1. The van der Waals surface area contributed by atoms with E-state index < -0.39 is 0 Å². The van der Waals surface area contributed by atoms with Gasteiger partial charge in [0.1, 0.15) is 5.01 Å². The van der Waals surface area contributed by atoms with Crippen molar-refractivity contribution in [2.24, 2.45) is 0 Å². The molecule has 0 aliphatic rings. The van der Waals surface area contributed by atoms with Crippen molar-refractivity contribution < 1.29 is 4.79 Å². The molecule has 0 saturated carbocycles. The zero-order chi connectivity index (χ0) is 17.9. The standard InChI is InChI=1S/C18H15N5OS2/c1-11-22-23-18(26-11)21-16(24)13-8-6-12(7-9-13)10-25-17-19-14-4-2-3-5-15(14)20-17/h2-9H,10H2,1H3,(H,19,20)(H,21,23,24). The second kappa shape index (κ2) is 7.27. The number of anilines is 1. The van der Waals surface area contributed by atoms with E-state index in [-0.39, 0.29) is 5.91 Å². The molecule has 2 heterocycles. The summed E-state index contributed by atoms with van der Waals surface area (Å²) >= 11 is 2.99. The van der Waals surface area contributed by atoms with E-state index in [4.69, 9.17) is 0 Å². The molecule has 26 heavy (non-hydrogen) atoms. The number of aryl methyl sites for hydroxylation is 1. The van der Waals surface area contributed by atoms with Gasteiger partial charge in [0.05, 0.1) is 11.0 Å². The molecule has 0 unspecified atom stereocenters. The third-order valence-electron chi connectivity index (χ3n) is 3.71. The van der Waals surface area contributed by atoms with Crippen molar-refractivity contribution in [1.82, 2.24) is 20.2 Å². The highest BCUT2D eigenvalue weighted by Crippen LogP contribution is 2.23. The summed E-state index contributed by atoms with van der Waals surface area (Å²) in [6, 6.07) is 15.5. The summed E-state index contributed by atoms with van der Waals surface area (Å²) in [5, 5.41) is 12.8. The van der Waals surface area contributed by atoms with Gasteiger partial charge in [-0.15, -0.1) is 10.2 Å². The number of aromatic amines is 1. The largest absolute Gasteiger partial charge is 0.333 e. The summed E-state index contributed by atoms with van der Waals surface area (Å²) in [4.78, 5) is 20.1. The second-order valence-electron chi connectivity index (χ2n) is 5.63. The first-order valence-corrected chi connectivity index (χ1v) is 9.75. The van der Waals surface area contributed by atoms with Gasteiger partial charge in [0, 0.05) is 11.3 Å². The molecule has 0 aliphatic carbocycles. The fraction of sp³-hybridized carbons (Fsp3) is 0.111. The molecule has 6 nitrogen and oxygen atoms in total.